The number of para-hydroxylation sites is 1. The highest BCUT2D eigenvalue weighted by Crippen LogP contribution is 2.42. The molecule has 0 saturated carbocycles. The molecular weight excluding hydrogens is 422 g/mol. The first kappa shape index (κ1) is 18.8. The molecule has 0 N–H and O–H groups in total. The zero-order chi connectivity index (χ0) is 21.8. The number of carbonyl (C=O) groups excluding carboxylic acids is 1. The van der Waals surface area contributed by atoms with E-state index in [1.807, 2.05) is 78.9 Å². The summed E-state index contributed by atoms with van der Waals surface area (Å²) in [7, 11) is 1.64. The van der Waals surface area contributed by atoms with Gasteiger partial charge in [-0.2, -0.15) is 0 Å². The lowest BCUT2D eigenvalue weighted by atomic mass is 9.94. The fraction of sp³-hybridized carbons (Fsp3) is 0.0370. The average Bonchev–Trinajstić information content (AvgIpc) is 3.35. The van der Waals surface area contributed by atoms with Gasteiger partial charge < -0.3 is 9.15 Å². The van der Waals surface area contributed by atoms with Crippen LogP contribution in [0.1, 0.15) is 5.56 Å². The van der Waals surface area contributed by atoms with Crippen LogP contribution in [0.2, 0.25) is 5.02 Å². The molecule has 6 rings (SSSR count). The van der Waals surface area contributed by atoms with Crippen LogP contribution in [0, 0.1) is 0 Å². The summed E-state index contributed by atoms with van der Waals surface area (Å²) < 4.78 is 11.9. The van der Waals surface area contributed by atoms with Crippen LogP contribution in [-0.2, 0) is 4.79 Å². The Labute approximate surface area is 188 Å². The monoisotopic (exact) mass is 437 g/mol. The second kappa shape index (κ2) is 7.08. The Bertz CT molecular complexity index is 1680. The zero-order valence-corrected chi connectivity index (χ0v) is 17.8. The minimum atomic E-state index is -0.274. The first-order chi connectivity index (χ1) is 15.6. The Kier molecular flexibility index (Phi) is 4.17. The molecule has 5 aromatic rings. The Hall–Kier alpha value is -3.89. The van der Waals surface area contributed by atoms with Gasteiger partial charge in [-0.1, -0.05) is 41.9 Å². The number of hydrogen-bond donors (Lipinski definition) is 0. The molecule has 4 nitrogen and oxygen atoms in total. The fourth-order valence-corrected chi connectivity index (χ4v) is 4.50. The molecule has 32 heavy (non-hydrogen) atoms. The summed E-state index contributed by atoms with van der Waals surface area (Å²) in [6, 6.07) is 24.9. The topological polar surface area (TPSA) is 51.8 Å². The lowest BCUT2D eigenvalue weighted by Crippen LogP contribution is -2.22. The van der Waals surface area contributed by atoms with E-state index in [-0.39, 0.29) is 5.91 Å². The van der Waals surface area contributed by atoms with Gasteiger partial charge in [0.05, 0.1) is 18.0 Å². The Morgan fingerprint density at radius 2 is 1.72 bits per heavy atom. The highest BCUT2D eigenvalue weighted by atomic mass is 35.5. The number of halogens is 1. The molecule has 0 saturated heterocycles. The van der Waals surface area contributed by atoms with Crippen LogP contribution in [0.25, 0.3) is 38.6 Å². The normalized spacial score (nSPS) is 12.9. The number of nitrogens with zero attached hydrogens (tertiary/aromatic N) is 1. The second-order valence-electron chi connectivity index (χ2n) is 7.65. The minimum Gasteiger partial charge on any atom is -0.497 e. The van der Waals surface area contributed by atoms with Gasteiger partial charge >= 0.3 is 0 Å². The van der Waals surface area contributed by atoms with Gasteiger partial charge in [-0.3, -0.25) is 4.79 Å². The number of hydrogen-bond acceptors (Lipinski definition) is 3. The van der Waals surface area contributed by atoms with E-state index in [9.17, 15) is 4.79 Å². The first-order valence-corrected chi connectivity index (χ1v) is 10.5. The van der Waals surface area contributed by atoms with Gasteiger partial charge in [-0.25, -0.2) is 4.99 Å². The molecule has 0 radical (unpaired) electrons. The van der Waals surface area contributed by atoms with Crippen molar-refractivity contribution in [3.63, 3.8) is 0 Å². The fourth-order valence-electron chi connectivity index (χ4n) is 4.37. The summed E-state index contributed by atoms with van der Waals surface area (Å²) in [5, 5.41) is 4.94. The molecule has 5 heteroatoms. The van der Waals surface area contributed by atoms with Gasteiger partial charge in [-0.05, 0) is 59.3 Å². The van der Waals surface area contributed by atoms with Crippen LogP contribution in [0.15, 0.2) is 88.3 Å². The Morgan fingerprint density at radius 1 is 0.938 bits per heavy atom. The third-order valence-electron chi connectivity index (χ3n) is 5.85. The van der Waals surface area contributed by atoms with Crippen molar-refractivity contribution in [2.45, 2.75) is 0 Å². The van der Waals surface area contributed by atoms with Crippen LogP contribution in [0.3, 0.4) is 0 Å². The molecule has 2 heterocycles. The lowest BCUT2D eigenvalue weighted by molar-refractivity contribution is -0.112. The number of amides is 1. The van der Waals surface area contributed by atoms with Crippen LogP contribution >= 0.6 is 11.6 Å². The third-order valence-corrected chi connectivity index (χ3v) is 6.10. The maximum atomic E-state index is 13.2. The highest BCUT2D eigenvalue weighted by molar-refractivity contribution is 6.31. The van der Waals surface area contributed by atoms with Crippen molar-refractivity contribution >= 4 is 44.8 Å². The Morgan fingerprint density at radius 3 is 2.53 bits per heavy atom. The maximum absolute atomic E-state index is 13.2. The summed E-state index contributed by atoms with van der Waals surface area (Å²) in [6.07, 6.45) is 0. The van der Waals surface area contributed by atoms with Gasteiger partial charge in [0.1, 0.15) is 17.1 Å². The molecule has 1 aromatic heterocycles. The van der Waals surface area contributed by atoms with Crippen LogP contribution in [-0.4, -0.2) is 13.0 Å². The number of methoxy groups -OCH3 is 1. The number of benzene rings is 4. The molecule has 0 bridgehead atoms. The quantitative estimate of drug-likeness (QED) is 0.386. The average molecular weight is 438 g/mol. The van der Waals surface area contributed by atoms with Crippen molar-refractivity contribution in [2.75, 3.05) is 7.11 Å². The zero-order valence-electron chi connectivity index (χ0n) is 17.1. The minimum absolute atomic E-state index is 0.274. The van der Waals surface area contributed by atoms with Crippen molar-refractivity contribution in [1.29, 1.82) is 0 Å². The van der Waals surface area contributed by atoms with Crippen LogP contribution in [0.4, 0.5) is 0 Å². The predicted octanol–water partition coefficient (Wildman–Crippen LogP) is 5.27. The smallest absolute Gasteiger partial charge is 0.279 e. The summed E-state index contributed by atoms with van der Waals surface area (Å²) >= 11 is 6.13. The Balaban J connectivity index is 1.82. The molecule has 0 fully saturated rings. The van der Waals surface area contributed by atoms with Gasteiger partial charge in [0.25, 0.3) is 5.91 Å². The molecular formula is C27H16ClNO3. The van der Waals surface area contributed by atoms with E-state index in [0.717, 1.165) is 38.3 Å². The largest absolute Gasteiger partial charge is 0.497 e. The van der Waals surface area contributed by atoms with Crippen LogP contribution in [0.5, 0.6) is 5.75 Å². The van der Waals surface area contributed by atoms with Gasteiger partial charge in [0, 0.05) is 26.8 Å². The van der Waals surface area contributed by atoms with Crippen LogP contribution < -0.4 is 15.3 Å². The van der Waals surface area contributed by atoms with Crippen molar-refractivity contribution in [1.82, 2.24) is 0 Å². The maximum Gasteiger partial charge on any atom is 0.279 e. The molecule has 0 spiro atoms. The molecule has 4 aromatic carbocycles. The molecule has 1 aliphatic heterocycles. The summed E-state index contributed by atoms with van der Waals surface area (Å²) in [4.78, 5) is 17.5. The summed E-state index contributed by atoms with van der Waals surface area (Å²) in [6.45, 7) is 0. The van der Waals surface area contributed by atoms with E-state index >= 15 is 0 Å². The van der Waals surface area contributed by atoms with E-state index in [2.05, 4.69) is 4.99 Å². The first-order valence-electron chi connectivity index (χ1n) is 10.2. The van der Waals surface area contributed by atoms with E-state index in [1.54, 1.807) is 7.11 Å². The summed E-state index contributed by atoms with van der Waals surface area (Å²) in [5.41, 5.74) is 2.80. The van der Waals surface area contributed by atoms with Gasteiger partial charge in [0.15, 0.2) is 0 Å². The molecule has 0 atom stereocenters. The highest BCUT2D eigenvalue weighted by Gasteiger charge is 2.28. The van der Waals surface area contributed by atoms with E-state index in [1.165, 1.54) is 0 Å². The van der Waals surface area contributed by atoms with E-state index in [4.69, 9.17) is 20.8 Å². The molecule has 1 amide bonds. The molecule has 154 valence electrons. The van der Waals surface area contributed by atoms with Gasteiger partial charge in [0.2, 0.25) is 0 Å². The van der Waals surface area contributed by atoms with Crippen molar-refractivity contribution in [2.24, 2.45) is 4.99 Å². The number of furan rings is 1. The third kappa shape index (κ3) is 2.77. The molecule has 0 unspecified atom stereocenters. The number of ether oxygens (including phenoxy) is 1. The number of rotatable bonds is 3. The standard InChI is InChI=1S/C27H16ClNO3/c1-31-18-12-8-15-9-13-22-23(20(15)14-18)25(26(32-22)16-6-10-17(28)11-7-16)24-19-4-2-3-5-21(19)29-27(24)30/h2-14H,1H3. The lowest BCUT2D eigenvalue weighted by Gasteiger charge is -2.07. The van der Waals surface area contributed by atoms with Crippen molar-refractivity contribution in [3.8, 4) is 17.1 Å². The number of carbonyl (C=O) groups is 1. The van der Waals surface area contributed by atoms with Crippen molar-refractivity contribution in [3.05, 3.63) is 100 Å². The molecule has 1 aliphatic rings. The van der Waals surface area contributed by atoms with E-state index in [0.29, 0.717) is 27.3 Å². The SMILES string of the molecule is COc1ccc2ccc3oc(-c4ccc(Cl)cc4)c(C4=c5ccccc5=NC4=O)c3c2c1. The molecule has 0 aliphatic carbocycles. The van der Waals surface area contributed by atoms with E-state index < -0.39 is 0 Å². The summed E-state index contributed by atoms with van der Waals surface area (Å²) in [5.74, 6) is 1.07. The van der Waals surface area contributed by atoms with Gasteiger partial charge in [-0.15, -0.1) is 0 Å². The second-order valence-corrected chi connectivity index (χ2v) is 8.08. The van der Waals surface area contributed by atoms with Crippen molar-refractivity contribution < 1.29 is 13.9 Å². The number of fused-ring (bicyclic) bond motifs is 4. The predicted molar refractivity (Wildman–Crippen MR) is 125 cm³/mol.